The Balaban J connectivity index is 1.78. The third-order valence-electron chi connectivity index (χ3n) is 4.77. The van der Waals surface area contributed by atoms with E-state index < -0.39 is 21.8 Å². The molecule has 2 N–H and O–H groups in total. The van der Waals surface area contributed by atoms with Crippen molar-refractivity contribution in [2.24, 2.45) is 0 Å². The summed E-state index contributed by atoms with van der Waals surface area (Å²) in [5.41, 5.74) is 6.38. The SMILES string of the molecule is CCn1c(C)nc2cc(C(=O)NNC(=O)c3cc(S(=O)(=O)N(C)C)ccc3Cl)ccc21. The maximum absolute atomic E-state index is 12.5. The number of carbonyl (C=O) groups is 2. The summed E-state index contributed by atoms with van der Waals surface area (Å²) in [6.45, 7) is 4.65. The highest BCUT2D eigenvalue weighted by molar-refractivity contribution is 7.89. The predicted molar refractivity (Wildman–Crippen MR) is 117 cm³/mol. The van der Waals surface area contributed by atoms with Gasteiger partial charge in [0.15, 0.2) is 0 Å². The van der Waals surface area contributed by atoms with E-state index in [1.807, 2.05) is 18.4 Å². The highest BCUT2D eigenvalue weighted by Gasteiger charge is 2.21. The van der Waals surface area contributed by atoms with E-state index >= 15 is 0 Å². The number of hydrazine groups is 1. The van der Waals surface area contributed by atoms with Crippen LogP contribution in [-0.4, -0.2) is 48.2 Å². The van der Waals surface area contributed by atoms with Gasteiger partial charge in [-0.05, 0) is 50.2 Å². The number of hydrogen-bond donors (Lipinski definition) is 2. The minimum atomic E-state index is -3.75. The quantitative estimate of drug-likeness (QED) is 0.564. The van der Waals surface area contributed by atoms with Crippen LogP contribution in [0.5, 0.6) is 0 Å². The molecule has 9 nitrogen and oxygen atoms in total. The molecule has 164 valence electrons. The van der Waals surface area contributed by atoms with Crippen molar-refractivity contribution in [2.75, 3.05) is 14.1 Å². The molecule has 0 aliphatic carbocycles. The number of fused-ring (bicyclic) bond motifs is 1. The zero-order valence-corrected chi connectivity index (χ0v) is 19.0. The molecule has 0 radical (unpaired) electrons. The number of halogens is 1. The molecule has 0 saturated carbocycles. The number of benzene rings is 2. The van der Waals surface area contributed by atoms with Gasteiger partial charge in [-0.25, -0.2) is 17.7 Å². The first-order valence-electron chi connectivity index (χ1n) is 9.36. The van der Waals surface area contributed by atoms with Crippen LogP contribution < -0.4 is 10.9 Å². The van der Waals surface area contributed by atoms with E-state index in [9.17, 15) is 18.0 Å². The number of sulfonamides is 1. The summed E-state index contributed by atoms with van der Waals surface area (Å²) in [6.07, 6.45) is 0. The van der Waals surface area contributed by atoms with Gasteiger partial charge < -0.3 is 4.57 Å². The molecule has 0 saturated heterocycles. The van der Waals surface area contributed by atoms with Crippen LogP contribution in [0, 0.1) is 6.92 Å². The van der Waals surface area contributed by atoms with Crippen molar-refractivity contribution >= 4 is 44.5 Å². The van der Waals surface area contributed by atoms with Crippen molar-refractivity contribution in [1.82, 2.24) is 24.7 Å². The average Bonchev–Trinajstić information content (AvgIpc) is 3.05. The van der Waals surface area contributed by atoms with Crippen LogP contribution in [0.2, 0.25) is 5.02 Å². The van der Waals surface area contributed by atoms with Crippen LogP contribution in [0.3, 0.4) is 0 Å². The fourth-order valence-corrected chi connectivity index (χ4v) is 4.23. The van der Waals surface area contributed by atoms with E-state index in [0.717, 1.165) is 28.3 Å². The minimum absolute atomic E-state index is 0.0476. The lowest BCUT2D eigenvalue weighted by atomic mass is 10.2. The minimum Gasteiger partial charge on any atom is -0.329 e. The number of rotatable bonds is 5. The summed E-state index contributed by atoms with van der Waals surface area (Å²) in [5, 5.41) is 0.0476. The smallest absolute Gasteiger partial charge is 0.271 e. The zero-order valence-electron chi connectivity index (χ0n) is 17.4. The van der Waals surface area contributed by atoms with Gasteiger partial charge in [0, 0.05) is 26.2 Å². The van der Waals surface area contributed by atoms with Crippen LogP contribution >= 0.6 is 11.6 Å². The van der Waals surface area contributed by atoms with Crippen molar-refractivity contribution in [3.63, 3.8) is 0 Å². The molecule has 31 heavy (non-hydrogen) atoms. The van der Waals surface area contributed by atoms with Crippen molar-refractivity contribution in [1.29, 1.82) is 0 Å². The first-order chi connectivity index (χ1) is 14.6. The molecule has 11 heteroatoms. The van der Waals surface area contributed by atoms with Crippen molar-refractivity contribution < 1.29 is 18.0 Å². The Morgan fingerprint density at radius 2 is 1.77 bits per heavy atom. The van der Waals surface area contributed by atoms with Crippen LogP contribution in [0.15, 0.2) is 41.3 Å². The van der Waals surface area contributed by atoms with Crippen LogP contribution in [0.25, 0.3) is 11.0 Å². The first kappa shape index (κ1) is 22.7. The lowest BCUT2D eigenvalue weighted by Crippen LogP contribution is -2.41. The molecule has 1 heterocycles. The number of carbonyl (C=O) groups excluding carboxylic acids is 2. The van der Waals surface area contributed by atoms with Gasteiger partial charge in [0.1, 0.15) is 5.82 Å². The molecule has 0 spiro atoms. The third kappa shape index (κ3) is 4.41. The molecule has 0 aliphatic heterocycles. The molecular weight excluding hydrogens is 442 g/mol. The van der Waals surface area contributed by atoms with Gasteiger partial charge in [-0.3, -0.25) is 20.4 Å². The number of nitrogens with one attached hydrogen (secondary N) is 2. The van der Waals surface area contributed by atoms with Crippen LogP contribution in [0.1, 0.15) is 33.5 Å². The number of nitrogens with zero attached hydrogens (tertiary/aromatic N) is 3. The Labute approximate surface area is 185 Å². The molecular formula is C20H22ClN5O4S. The number of amides is 2. The molecule has 2 aromatic carbocycles. The third-order valence-corrected chi connectivity index (χ3v) is 6.91. The van der Waals surface area contributed by atoms with E-state index in [4.69, 9.17) is 11.6 Å². The highest BCUT2D eigenvalue weighted by Crippen LogP contribution is 2.22. The fourth-order valence-electron chi connectivity index (χ4n) is 3.09. The first-order valence-corrected chi connectivity index (χ1v) is 11.2. The standard InChI is InChI=1S/C20H22ClN5O4S/c1-5-26-12(2)22-17-10-13(6-9-18(17)26)19(27)23-24-20(28)15-11-14(7-8-16(15)21)31(29,30)25(3)4/h6-11H,5H2,1-4H3,(H,23,27)(H,24,28). The number of hydrogen-bond acceptors (Lipinski definition) is 5. The molecule has 3 rings (SSSR count). The second-order valence-electron chi connectivity index (χ2n) is 6.94. The van der Waals surface area contributed by atoms with Gasteiger partial charge in [0.05, 0.1) is 26.5 Å². The monoisotopic (exact) mass is 463 g/mol. The Morgan fingerprint density at radius 1 is 1.10 bits per heavy atom. The molecule has 0 unspecified atom stereocenters. The molecule has 1 aromatic heterocycles. The van der Waals surface area contributed by atoms with Gasteiger partial charge >= 0.3 is 0 Å². The van der Waals surface area contributed by atoms with Crippen LogP contribution in [0.4, 0.5) is 0 Å². The summed E-state index contributed by atoms with van der Waals surface area (Å²) >= 11 is 6.06. The predicted octanol–water partition coefficient (Wildman–Crippen LogP) is 2.34. The molecule has 0 aliphatic rings. The summed E-state index contributed by atoms with van der Waals surface area (Å²) in [4.78, 5) is 29.4. The van der Waals surface area contributed by atoms with Gasteiger partial charge in [0.2, 0.25) is 10.0 Å². The number of imidazole rings is 1. The van der Waals surface area contributed by atoms with Gasteiger partial charge in [0.25, 0.3) is 11.8 Å². The zero-order chi connectivity index (χ0) is 22.9. The molecule has 3 aromatic rings. The molecule has 0 fully saturated rings. The van der Waals surface area contributed by atoms with Crippen molar-refractivity contribution in [3.05, 3.63) is 58.4 Å². The maximum atomic E-state index is 12.5. The normalized spacial score (nSPS) is 11.7. The number of aryl methyl sites for hydroxylation is 2. The molecule has 0 atom stereocenters. The largest absolute Gasteiger partial charge is 0.329 e. The van der Waals surface area contributed by atoms with Crippen molar-refractivity contribution in [2.45, 2.75) is 25.3 Å². The van der Waals surface area contributed by atoms with E-state index in [0.29, 0.717) is 11.1 Å². The number of aromatic nitrogens is 2. The Bertz CT molecular complexity index is 1280. The summed E-state index contributed by atoms with van der Waals surface area (Å²) in [5.74, 6) is -0.459. The van der Waals surface area contributed by atoms with E-state index in [-0.39, 0.29) is 15.5 Å². The Kier molecular flexibility index (Phi) is 6.35. The Hall–Kier alpha value is -2.95. The highest BCUT2D eigenvalue weighted by atomic mass is 35.5. The summed E-state index contributed by atoms with van der Waals surface area (Å²) in [6, 6.07) is 8.84. The van der Waals surface area contributed by atoms with Gasteiger partial charge in [-0.15, -0.1) is 0 Å². The van der Waals surface area contributed by atoms with E-state index in [2.05, 4.69) is 15.8 Å². The molecule has 2 amide bonds. The van der Waals surface area contributed by atoms with Crippen molar-refractivity contribution in [3.8, 4) is 0 Å². The fraction of sp³-hybridized carbons (Fsp3) is 0.250. The van der Waals surface area contributed by atoms with E-state index in [1.54, 1.807) is 18.2 Å². The lowest BCUT2D eigenvalue weighted by molar-refractivity contribution is 0.0846. The maximum Gasteiger partial charge on any atom is 0.271 e. The molecule has 0 bridgehead atoms. The average molecular weight is 464 g/mol. The second-order valence-corrected chi connectivity index (χ2v) is 9.50. The van der Waals surface area contributed by atoms with Gasteiger partial charge in [-0.1, -0.05) is 11.6 Å². The lowest BCUT2D eigenvalue weighted by Gasteiger charge is -2.13. The van der Waals surface area contributed by atoms with Gasteiger partial charge in [-0.2, -0.15) is 0 Å². The van der Waals surface area contributed by atoms with E-state index in [1.165, 1.54) is 26.2 Å². The summed E-state index contributed by atoms with van der Waals surface area (Å²) in [7, 11) is -0.989. The summed E-state index contributed by atoms with van der Waals surface area (Å²) < 4.78 is 27.6. The van der Waals surface area contributed by atoms with Crippen LogP contribution in [-0.2, 0) is 16.6 Å². The topological polar surface area (TPSA) is 113 Å². The second kappa shape index (κ2) is 8.66. The Morgan fingerprint density at radius 3 is 2.42 bits per heavy atom.